The monoisotopic (exact) mass is 493 g/mol. The van der Waals surface area contributed by atoms with E-state index < -0.39 is 22.5 Å². The average Bonchev–Trinajstić information content (AvgIpc) is 2.88. The first-order valence-corrected chi connectivity index (χ1v) is 12.2. The Morgan fingerprint density at radius 2 is 1.77 bits per heavy atom. The molecule has 9 heteroatoms. The van der Waals surface area contributed by atoms with Crippen molar-refractivity contribution in [3.63, 3.8) is 0 Å². The van der Waals surface area contributed by atoms with E-state index >= 15 is 0 Å². The predicted octanol–water partition coefficient (Wildman–Crippen LogP) is 3.60. The Labute approximate surface area is 205 Å². The highest BCUT2D eigenvalue weighted by molar-refractivity contribution is 7.89. The molecule has 0 unspecified atom stereocenters. The lowest BCUT2D eigenvalue weighted by molar-refractivity contribution is -0.121. The van der Waals surface area contributed by atoms with Gasteiger partial charge in [-0.05, 0) is 47.5 Å². The van der Waals surface area contributed by atoms with Gasteiger partial charge in [0.2, 0.25) is 10.0 Å². The van der Waals surface area contributed by atoms with Crippen molar-refractivity contribution in [3.8, 4) is 11.5 Å². The highest BCUT2D eigenvalue weighted by Gasteiger charge is 2.27. The van der Waals surface area contributed by atoms with E-state index in [2.05, 4.69) is 17.1 Å². The highest BCUT2D eigenvalue weighted by Crippen LogP contribution is 2.21. The van der Waals surface area contributed by atoms with Crippen LogP contribution in [-0.2, 0) is 21.4 Å². The molecule has 0 heterocycles. The molecule has 8 nitrogen and oxygen atoms in total. The Morgan fingerprint density at radius 1 is 1.03 bits per heavy atom. The van der Waals surface area contributed by atoms with Crippen molar-refractivity contribution in [1.82, 2.24) is 9.73 Å². The number of sulfonamides is 1. The standard InChI is InChI=1S/C26H27N3O5S/c1-3-16-34-24-11-7-10-22(17-24)18-27-28-26(30)20-29(19-21-8-5-4-6-9-21)35(31,32)25-14-12-23(33-2)13-15-25/h3-15,17-18H,1,16,19-20H2,2H3,(H,28,30)/b27-18-. The van der Waals surface area contributed by atoms with Crippen LogP contribution in [0.3, 0.4) is 0 Å². The molecule has 1 amide bonds. The summed E-state index contributed by atoms with van der Waals surface area (Å²) >= 11 is 0. The number of methoxy groups -OCH3 is 1. The summed E-state index contributed by atoms with van der Waals surface area (Å²) in [5.41, 5.74) is 3.85. The van der Waals surface area contributed by atoms with E-state index in [4.69, 9.17) is 9.47 Å². The summed E-state index contributed by atoms with van der Waals surface area (Å²) in [5, 5.41) is 3.96. The topological polar surface area (TPSA) is 97.3 Å². The van der Waals surface area contributed by atoms with Crippen LogP contribution in [0.25, 0.3) is 0 Å². The summed E-state index contributed by atoms with van der Waals surface area (Å²) in [6, 6.07) is 22.2. The number of benzene rings is 3. The number of nitrogens with zero attached hydrogens (tertiary/aromatic N) is 2. The van der Waals surface area contributed by atoms with Crippen LogP contribution in [0.4, 0.5) is 0 Å². The van der Waals surface area contributed by atoms with Crippen molar-refractivity contribution in [2.45, 2.75) is 11.4 Å². The number of nitrogens with one attached hydrogen (secondary N) is 1. The summed E-state index contributed by atoms with van der Waals surface area (Å²) in [6.07, 6.45) is 3.10. The molecule has 0 fully saturated rings. The summed E-state index contributed by atoms with van der Waals surface area (Å²) in [4.78, 5) is 12.7. The van der Waals surface area contributed by atoms with E-state index in [1.54, 1.807) is 54.6 Å². The number of hydrogen-bond acceptors (Lipinski definition) is 6. The highest BCUT2D eigenvalue weighted by atomic mass is 32.2. The van der Waals surface area contributed by atoms with Gasteiger partial charge in [-0.25, -0.2) is 13.8 Å². The average molecular weight is 494 g/mol. The van der Waals surface area contributed by atoms with Crippen LogP contribution >= 0.6 is 0 Å². The van der Waals surface area contributed by atoms with Crippen molar-refractivity contribution < 1.29 is 22.7 Å². The second-order valence-electron chi connectivity index (χ2n) is 7.40. The van der Waals surface area contributed by atoms with Crippen LogP contribution < -0.4 is 14.9 Å². The Bertz CT molecular complexity index is 1260. The van der Waals surface area contributed by atoms with E-state index in [0.717, 1.165) is 9.87 Å². The molecule has 0 saturated heterocycles. The van der Waals surface area contributed by atoms with Gasteiger partial charge in [-0.1, -0.05) is 55.1 Å². The molecular formula is C26H27N3O5S. The van der Waals surface area contributed by atoms with Crippen LogP contribution in [0.5, 0.6) is 11.5 Å². The molecule has 0 bridgehead atoms. The Morgan fingerprint density at radius 3 is 2.46 bits per heavy atom. The maximum absolute atomic E-state index is 13.3. The number of hydrazone groups is 1. The molecule has 0 radical (unpaired) electrons. The molecular weight excluding hydrogens is 466 g/mol. The molecule has 35 heavy (non-hydrogen) atoms. The fourth-order valence-electron chi connectivity index (χ4n) is 3.12. The van der Waals surface area contributed by atoms with Crippen LogP contribution in [0, 0.1) is 0 Å². The van der Waals surface area contributed by atoms with E-state index in [-0.39, 0.29) is 11.4 Å². The maximum atomic E-state index is 13.3. The van der Waals surface area contributed by atoms with Crippen molar-refractivity contribution in [2.24, 2.45) is 5.10 Å². The van der Waals surface area contributed by atoms with Gasteiger partial charge in [0.15, 0.2) is 0 Å². The van der Waals surface area contributed by atoms with Gasteiger partial charge in [-0.3, -0.25) is 4.79 Å². The first-order valence-electron chi connectivity index (χ1n) is 10.8. The number of carbonyl (C=O) groups is 1. The fraction of sp³-hybridized carbons (Fsp3) is 0.154. The molecule has 0 aliphatic carbocycles. The van der Waals surface area contributed by atoms with Gasteiger partial charge >= 0.3 is 0 Å². The summed E-state index contributed by atoms with van der Waals surface area (Å²) < 4.78 is 38.4. The van der Waals surface area contributed by atoms with Crippen molar-refractivity contribution >= 4 is 22.1 Å². The van der Waals surface area contributed by atoms with E-state index in [1.165, 1.54) is 25.5 Å². The van der Waals surface area contributed by atoms with Crippen LogP contribution in [-0.4, -0.2) is 45.1 Å². The van der Waals surface area contributed by atoms with Crippen molar-refractivity contribution in [3.05, 3.63) is 103 Å². The normalized spacial score (nSPS) is 11.4. The minimum absolute atomic E-state index is 0.0228. The predicted molar refractivity (Wildman–Crippen MR) is 135 cm³/mol. The molecule has 3 aromatic carbocycles. The Hall–Kier alpha value is -3.95. The lowest BCUT2D eigenvalue weighted by Gasteiger charge is -2.21. The number of amides is 1. The maximum Gasteiger partial charge on any atom is 0.255 e. The first kappa shape index (κ1) is 25.7. The van der Waals surface area contributed by atoms with Gasteiger partial charge in [-0.15, -0.1) is 0 Å². The van der Waals surface area contributed by atoms with Gasteiger partial charge in [0.1, 0.15) is 18.1 Å². The third-order valence-electron chi connectivity index (χ3n) is 4.85. The molecule has 3 aromatic rings. The van der Waals surface area contributed by atoms with E-state index in [1.807, 2.05) is 18.2 Å². The Kier molecular flexibility index (Phi) is 9.16. The molecule has 0 saturated carbocycles. The van der Waals surface area contributed by atoms with Crippen molar-refractivity contribution in [2.75, 3.05) is 20.3 Å². The molecule has 0 aliphatic heterocycles. The van der Waals surface area contributed by atoms with Crippen molar-refractivity contribution in [1.29, 1.82) is 0 Å². The van der Waals surface area contributed by atoms with Gasteiger partial charge in [0.05, 0.1) is 24.8 Å². The summed E-state index contributed by atoms with van der Waals surface area (Å²) in [5.74, 6) is 0.595. The summed E-state index contributed by atoms with van der Waals surface area (Å²) in [7, 11) is -2.47. The number of carbonyl (C=O) groups excluding carboxylic acids is 1. The first-order chi connectivity index (χ1) is 16.9. The van der Waals surface area contributed by atoms with Gasteiger partial charge < -0.3 is 9.47 Å². The third-order valence-corrected chi connectivity index (χ3v) is 6.65. The largest absolute Gasteiger partial charge is 0.497 e. The van der Waals surface area contributed by atoms with E-state index in [9.17, 15) is 13.2 Å². The molecule has 3 rings (SSSR count). The quantitative estimate of drug-likeness (QED) is 0.236. The summed E-state index contributed by atoms with van der Waals surface area (Å²) in [6.45, 7) is 3.59. The smallest absolute Gasteiger partial charge is 0.255 e. The van der Waals surface area contributed by atoms with Gasteiger partial charge in [0.25, 0.3) is 5.91 Å². The lowest BCUT2D eigenvalue weighted by atomic mass is 10.2. The Balaban J connectivity index is 1.73. The number of rotatable bonds is 12. The SMILES string of the molecule is C=CCOc1cccc(/C=N\NC(=O)CN(Cc2ccccc2)S(=O)(=O)c2ccc(OC)cc2)c1. The number of hydrogen-bond donors (Lipinski definition) is 1. The van der Waals surface area contributed by atoms with Gasteiger partial charge in [-0.2, -0.15) is 9.41 Å². The number of ether oxygens (including phenoxy) is 2. The van der Waals surface area contributed by atoms with Crippen LogP contribution in [0.15, 0.2) is 102 Å². The fourth-order valence-corrected chi connectivity index (χ4v) is 4.51. The zero-order valence-electron chi connectivity index (χ0n) is 19.3. The third kappa shape index (κ3) is 7.53. The van der Waals surface area contributed by atoms with Gasteiger partial charge in [0, 0.05) is 6.54 Å². The van der Waals surface area contributed by atoms with Crippen LogP contribution in [0.2, 0.25) is 0 Å². The lowest BCUT2D eigenvalue weighted by Crippen LogP contribution is -2.39. The second kappa shape index (κ2) is 12.5. The van der Waals surface area contributed by atoms with E-state index in [0.29, 0.717) is 23.7 Å². The molecule has 0 aliphatic rings. The zero-order chi connectivity index (χ0) is 25.1. The minimum atomic E-state index is -3.97. The minimum Gasteiger partial charge on any atom is -0.497 e. The molecule has 1 N–H and O–H groups in total. The second-order valence-corrected chi connectivity index (χ2v) is 9.34. The molecule has 0 aromatic heterocycles. The van der Waals surface area contributed by atoms with Crippen LogP contribution in [0.1, 0.15) is 11.1 Å². The molecule has 0 atom stereocenters. The molecule has 0 spiro atoms. The molecule has 182 valence electrons. The zero-order valence-corrected chi connectivity index (χ0v) is 20.1.